The molecule has 1 amide bonds. The molecule has 0 unspecified atom stereocenters. The van der Waals surface area contributed by atoms with Gasteiger partial charge in [0.1, 0.15) is 0 Å². The van der Waals surface area contributed by atoms with E-state index in [9.17, 15) is 4.79 Å². The van der Waals surface area contributed by atoms with Gasteiger partial charge in [0.25, 0.3) is 5.91 Å². The van der Waals surface area contributed by atoms with Crippen LogP contribution in [0.5, 0.6) is 0 Å². The zero-order valence-electron chi connectivity index (χ0n) is 19.6. The molecule has 1 aliphatic heterocycles. The molecule has 0 spiro atoms. The molecule has 33 heavy (non-hydrogen) atoms. The molecule has 5 nitrogen and oxygen atoms in total. The number of aromatic amines is 1. The average molecular weight is 441 g/mol. The number of aryl methyl sites for hydroxylation is 1. The van der Waals surface area contributed by atoms with Crippen molar-refractivity contribution < 1.29 is 4.79 Å². The van der Waals surface area contributed by atoms with E-state index in [2.05, 4.69) is 65.2 Å². The van der Waals surface area contributed by atoms with E-state index < -0.39 is 0 Å². The number of hydrogen-bond donors (Lipinski definition) is 1. The van der Waals surface area contributed by atoms with Gasteiger partial charge in [-0.15, -0.1) is 0 Å². The molecule has 0 radical (unpaired) electrons. The van der Waals surface area contributed by atoms with Crippen molar-refractivity contribution in [1.82, 2.24) is 19.8 Å². The van der Waals surface area contributed by atoms with Crippen molar-refractivity contribution in [3.05, 3.63) is 77.1 Å². The van der Waals surface area contributed by atoms with Crippen molar-refractivity contribution in [2.45, 2.75) is 39.2 Å². The summed E-state index contributed by atoms with van der Waals surface area (Å²) in [6, 6.07) is 16.6. The number of fused-ring (bicyclic) bond motifs is 2. The molecule has 170 valence electrons. The Hall–Kier alpha value is -3.18. The monoisotopic (exact) mass is 440 g/mol. The highest BCUT2D eigenvalue weighted by molar-refractivity contribution is 5.99. The van der Waals surface area contributed by atoms with E-state index in [0.717, 1.165) is 62.0 Å². The lowest BCUT2D eigenvalue weighted by molar-refractivity contribution is 0.0724. The number of pyridine rings is 1. The average Bonchev–Trinajstić information content (AvgIpc) is 3.17. The Morgan fingerprint density at radius 3 is 2.73 bits per heavy atom. The summed E-state index contributed by atoms with van der Waals surface area (Å²) in [5.41, 5.74) is 6.76. The summed E-state index contributed by atoms with van der Waals surface area (Å²) in [7, 11) is 2.17. The van der Waals surface area contributed by atoms with Crippen molar-refractivity contribution in [1.29, 1.82) is 0 Å². The molecule has 0 aliphatic carbocycles. The Morgan fingerprint density at radius 1 is 1.06 bits per heavy atom. The minimum absolute atomic E-state index is 0.170. The first-order valence-electron chi connectivity index (χ1n) is 12.0. The lowest BCUT2D eigenvalue weighted by Gasteiger charge is -2.26. The molecule has 1 fully saturated rings. The van der Waals surface area contributed by atoms with Crippen LogP contribution < -0.4 is 0 Å². The van der Waals surface area contributed by atoms with Gasteiger partial charge < -0.3 is 14.8 Å². The number of rotatable bonds is 6. The fraction of sp³-hybridized carbons (Fsp3) is 0.357. The fourth-order valence-corrected chi connectivity index (χ4v) is 5.08. The molecule has 1 aliphatic rings. The van der Waals surface area contributed by atoms with Crippen molar-refractivity contribution in [3.8, 4) is 0 Å². The summed E-state index contributed by atoms with van der Waals surface area (Å²) in [6.07, 6.45) is 6.29. The van der Waals surface area contributed by atoms with Gasteiger partial charge >= 0.3 is 0 Å². The third kappa shape index (κ3) is 4.51. The van der Waals surface area contributed by atoms with E-state index in [4.69, 9.17) is 0 Å². The number of para-hydroxylation sites is 1. The molecule has 2 aromatic carbocycles. The van der Waals surface area contributed by atoms with Gasteiger partial charge in [0.05, 0.1) is 5.52 Å². The van der Waals surface area contributed by atoms with Gasteiger partial charge in [0, 0.05) is 59.9 Å². The second-order valence-electron chi connectivity index (χ2n) is 9.32. The van der Waals surface area contributed by atoms with Crippen molar-refractivity contribution >= 4 is 27.7 Å². The summed E-state index contributed by atoms with van der Waals surface area (Å²) >= 11 is 0. The highest BCUT2D eigenvalue weighted by atomic mass is 16.2. The number of H-pyrrole nitrogens is 1. The second-order valence-corrected chi connectivity index (χ2v) is 9.32. The molecule has 3 heterocycles. The summed E-state index contributed by atoms with van der Waals surface area (Å²) in [4.78, 5) is 25.4. The summed E-state index contributed by atoms with van der Waals surface area (Å²) in [5, 5.41) is 2.40. The molecule has 5 rings (SSSR count). The number of aromatic nitrogens is 2. The van der Waals surface area contributed by atoms with Crippen LogP contribution in [0.2, 0.25) is 0 Å². The number of nitrogens with zero attached hydrogens (tertiary/aromatic N) is 3. The highest BCUT2D eigenvalue weighted by Gasteiger charge is 2.19. The zero-order valence-corrected chi connectivity index (χ0v) is 19.6. The number of likely N-dealkylation sites (tertiary alicyclic amines) is 1. The number of likely N-dealkylation sites (N-methyl/N-ethyl adjacent to an activating group) is 1. The first-order chi connectivity index (χ1) is 16.1. The van der Waals surface area contributed by atoms with E-state index >= 15 is 0 Å². The fourth-order valence-electron chi connectivity index (χ4n) is 5.08. The molecule has 0 bridgehead atoms. The Balaban J connectivity index is 1.32. The molecule has 0 saturated carbocycles. The normalized spacial score (nSPS) is 14.5. The molecular weight excluding hydrogens is 408 g/mol. The molecule has 5 heteroatoms. The summed E-state index contributed by atoms with van der Waals surface area (Å²) in [6.45, 7) is 5.71. The van der Waals surface area contributed by atoms with Gasteiger partial charge in [0.2, 0.25) is 0 Å². The maximum absolute atomic E-state index is 13.0. The van der Waals surface area contributed by atoms with E-state index in [0.29, 0.717) is 0 Å². The second kappa shape index (κ2) is 9.36. The molecule has 1 N–H and O–H groups in total. The standard InChI is InChI=1S/C28H32N4O/c1-20-23(13-17-31(2)19-22-12-14-29-26-9-5-4-8-24(22)26)25-18-21(10-11-27(25)30-20)28(33)32-15-6-3-7-16-32/h4-5,8-12,14,18,30H,3,6-7,13,15-17,19H2,1-2H3. The Kier molecular flexibility index (Phi) is 6.14. The van der Waals surface area contributed by atoms with Crippen LogP contribution in [0.25, 0.3) is 21.8 Å². The smallest absolute Gasteiger partial charge is 0.253 e. The van der Waals surface area contributed by atoms with Crippen molar-refractivity contribution in [2.24, 2.45) is 0 Å². The first-order valence-corrected chi connectivity index (χ1v) is 12.0. The van der Waals surface area contributed by atoms with E-state index in [1.165, 1.54) is 34.0 Å². The third-order valence-corrected chi connectivity index (χ3v) is 6.93. The molecule has 0 atom stereocenters. The maximum Gasteiger partial charge on any atom is 0.253 e. The summed E-state index contributed by atoms with van der Waals surface area (Å²) < 4.78 is 0. The van der Waals surface area contributed by atoms with E-state index in [-0.39, 0.29) is 5.91 Å². The molecule has 4 aromatic rings. The number of amides is 1. The topological polar surface area (TPSA) is 52.2 Å². The molecule has 2 aromatic heterocycles. The summed E-state index contributed by atoms with van der Waals surface area (Å²) in [5.74, 6) is 0.170. The predicted molar refractivity (Wildman–Crippen MR) is 135 cm³/mol. The van der Waals surface area contributed by atoms with E-state index in [1.54, 1.807) is 0 Å². The van der Waals surface area contributed by atoms with Gasteiger partial charge in [-0.05, 0) is 81.1 Å². The van der Waals surface area contributed by atoms with Gasteiger partial charge in [-0.1, -0.05) is 18.2 Å². The van der Waals surface area contributed by atoms with Crippen LogP contribution in [-0.4, -0.2) is 52.4 Å². The van der Waals surface area contributed by atoms with Gasteiger partial charge in [-0.3, -0.25) is 9.78 Å². The van der Waals surface area contributed by atoms with Crippen LogP contribution in [0.4, 0.5) is 0 Å². The first kappa shape index (κ1) is 21.7. The van der Waals surface area contributed by atoms with Crippen LogP contribution in [0.15, 0.2) is 54.7 Å². The Bertz CT molecular complexity index is 1280. The predicted octanol–water partition coefficient (Wildman–Crippen LogP) is 5.33. The van der Waals surface area contributed by atoms with Crippen LogP contribution in [-0.2, 0) is 13.0 Å². The lowest BCUT2D eigenvalue weighted by atomic mass is 10.0. The third-order valence-electron chi connectivity index (χ3n) is 6.93. The quantitative estimate of drug-likeness (QED) is 0.441. The van der Waals surface area contributed by atoms with Crippen molar-refractivity contribution in [2.75, 3.05) is 26.7 Å². The maximum atomic E-state index is 13.0. The van der Waals surface area contributed by atoms with Gasteiger partial charge in [-0.2, -0.15) is 0 Å². The SMILES string of the molecule is Cc1[nH]c2ccc(C(=O)N3CCCCC3)cc2c1CCN(C)Cc1ccnc2ccccc12. The van der Waals surface area contributed by atoms with Crippen LogP contribution >= 0.6 is 0 Å². The van der Waals surface area contributed by atoms with Gasteiger partial charge in [-0.25, -0.2) is 0 Å². The number of nitrogens with one attached hydrogen (secondary N) is 1. The van der Waals surface area contributed by atoms with Crippen LogP contribution in [0.1, 0.15) is 46.4 Å². The largest absolute Gasteiger partial charge is 0.358 e. The minimum atomic E-state index is 0.170. The Labute approximate surface area is 195 Å². The lowest BCUT2D eigenvalue weighted by Crippen LogP contribution is -2.35. The highest BCUT2D eigenvalue weighted by Crippen LogP contribution is 2.26. The number of piperidine rings is 1. The number of hydrogen-bond acceptors (Lipinski definition) is 3. The molecule has 1 saturated heterocycles. The van der Waals surface area contributed by atoms with Gasteiger partial charge in [0.15, 0.2) is 0 Å². The zero-order chi connectivity index (χ0) is 22.8. The number of carbonyl (C=O) groups is 1. The van der Waals surface area contributed by atoms with Crippen LogP contribution in [0.3, 0.4) is 0 Å². The minimum Gasteiger partial charge on any atom is -0.358 e. The van der Waals surface area contributed by atoms with Crippen molar-refractivity contribution in [3.63, 3.8) is 0 Å². The van der Waals surface area contributed by atoms with Crippen LogP contribution in [0, 0.1) is 6.92 Å². The Morgan fingerprint density at radius 2 is 1.88 bits per heavy atom. The number of benzene rings is 2. The van der Waals surface area contributed by atoms with E-state index in [1.807, 2.05) is 23.2 Å². The number of carbonyl (C=O) groups excluding carboxylic acids is 1. The molecular formula is C28H32N4O.